The van der Waals surface area contributed by atoms with Gasteiger partial charge in [0.15, 0.2) is 5.11 Å². The second-order valence-electron chi connectivity index (χ2n) is 9.48. The number of hydrogen-bond donors (Lipinski definition) is 4. The van der Waals surface area contributed by atoms with Crippen molar-refractivity contribution < 1.29 is 19.1 Å². The fourth-order valence-electron chi connectivity index (χ4n) is 4.25. The molecule has 0 aliphatic rings. The van der Waals surface area contributed by atoms with Crippen LogP contribution in [0.25, 0.3) is 0 Å². The van der Waals surface area contributed by atoms with Gasteiger partial charge in [-0.25, -0.2) is 0 Å². The van der Waals surface area contributed by atoms with Crippen LogP contribution in [0.1, 0.15) is 20.7 Å². The van der Waals surface area contributed by atoms with E-state index < -0.39 is 5.91 Å². The molecular weight excluding hydrogens is 572 g/mol. The first-order valence-corrected chi connectivity index (χ1v) is 14.3. The van der Waals surface area contributed by atoms with Crippen molar-refractivity contribution in [3.05, 3.63) is 145 Å². The third-order valence-corrected chi connectivity index (χ3v) is 6.54. The van der Waals surface area contributed by atoms with Crippen molar-refractivity contribution in [2.45, 2.75) is 0 Å². The van der Waals surface area contributed by atoms with E-state index in [4.69, 9.17) is 21.7 Å². The molecule has 5 aromatic rings. The van der Waals surface area contributed by atoms with Gasteiger partial charge in [0.2, 0.25) is 0 Å². The average molecular weight is 603 g/mol. The van der Waals surface area contributed by atoms with Crippen LogP contribution in [-0.4, -0.2) is 30.1 Å². The smallest absolute Gasteiger partial charge is 0.261 e. The van der Waals surface area contributed by atoms with Crippen molar-refractivity contribution in [1.29, 1.82) is 0 Å². The Morgan fingerprint density at radius 3 is 1.86 bits per heavy atom. The van der Waals surface area contributed by atoms with E-state index in [-0.39, 0.29) is 17.6 Å². The molecule has 2 amide bonds. The summed E-state index contributed by atoms with van der Waals surface area (Å²) >= 11 is 5.42. The predicted octanol–water partition coefficient (Wildman–Crippen LogP) is 7.27. The normalized spacial score (nSPS) is 10.3. The van der Waals surface area contributed by atoms with Crippen molar-refractivity contribution in [2.75, 3.05) is 29.2 Å². The van der Waals surface area contributed by atoms with E-state index in [1.54, 1.807) is 48.5 Å². The number of carbonyl (C=O) groups excluding carboxylic acids is 2. The number of hydrogen-bond acceptors (Lipinski definition) is 6. The van der Waals surface area contributed by atoms with Gasteiger partial charge in [0.05, 0.1) is 16.8 Å². The topological polar surface area (TPSA) is 101 Å². The SMILES string of the molecule is O=C(Nc1ccc(Nc2ccccc2)cc1)c1ccccc1NC(=S)NC(=O)c1ccccc1OCCOc1ccccc1. The number of carbonyl (C=O) groups is 2. The molecule has 0 unspecified atom stereocenters. The van der Waals surface area contributed by atoms with E-state index in [1.165, 1.54) is 0 Å². The molecule has 9 heteroatoms. The van der Waals surface area contributed by atoms with Crippen LogP contribution in [0.5, 0.6) is 11.5 Å². The molecule has 0 aromatic heterocycles. The molecule has 0 radical (unpaired) electrons. The largest absolute Gasteiger partial charge is 0.490 e. The number of anilines is 4. The van der Waals surface area contributed by atoms with Crippen LogP contribution < -0.4 is 30.7 Å². The Morgan fingerprint density at radius 2 is 1.11 bits per heavy atom. The first-order valence-electron chi connectivity index (χ1n) is 13.9. The molecule has 0 bridgehead atoms. The maximum absolute atomic E-state index is 13.2. The summed E-state index contributed by atoms with van der Waals surface area (Å²) in [4.78, 5) is 26.3. The van der Waals surface area contributed by atoms with E-state index >= 15 is 0 Å². The molecular formula is C35H30N4O4S. The van der Waals surface area contributed by atoms with Crippen molar-refractivity contribution >= 4 is 51.9 Å². The summed E-state index contributed by atoms with van der Waals surface area (Å²) in [6.07, 6.45) is 0. The molecule has 44 heavy (non-hydrogen) atoms. The highest BCUT2D eigenvalue weighted by atomic mass is 32.1. The number of thiocarbonyl (C=S) groups is 1. The third-order valence-electron chi connectivity index (χ3n) is 6.34. The first kappa shape index (κ1) is 29.8. The van der Waals surface area contributed by atoms with Gasteiger partial charge >= 0.3 is 0 Å². The number of amides is 2. The number of nitrogens with one attached hydrogen (secondary N) is 4. The Balaban J connectivity index is 1.16. The van der Waals surface area contributed by atoms with Crippen LogP contribution in [0.15, 0.2) is 133 Å². The monoisotopic (exact) mass is 602 g/mol. The minimum absolute atomic E-state index is 0.0359. The lowest BCUT2D eigenvalue weighted by Crippen LogP contribution is -2.35. The number of para-hydroxylation sites is 4. The number of benzene rings is 5. The van der Waals surface area contributed by atoms with Gasteiger partial charge in [0.1, 0.15) is 24.7 Å². The molecule has 0 heterocycles. The molecule has 5 rings (SSSR count). The van der Waals surface area contributed by atoms with Gasteiger partial charge in [0.25, 0.3) is 11.8 Å². The fraction of sp³-hybridized carbons (Fsp3) is 0.0571. The number of rotatable bonds is 11. The van der Waals surface area contributed by atoms with Gasteiger partial charge in [-0.3, -0.25) is 14.9 Å². The minimum Gasteiger partial charge on any atom is -0.490 e. The Labute approximate surface area is 261 Å². The van der Waals surface area contributed by atoms with E-state index in [2.05, 4.69) is 21.3 Å². The van der Waals surface area contributed by atoms with Crippen LogP contribution >= 0.6 is 12.2 Å². The summed E-state index contributed by atoms with van der Waals surface area (Å²) in [7, 11) is 0. The maximum Gasteiger partial charge on any atom is 0.261 e. The van der Waals surface area contributed by atoms with Gasteiger partial charge < -0.3 is 25.4 Å². The lowest BCUT2D eigenvalue weighted by Gasteiger charge is -2.15. The highest BCUT2D eigenvalue weighted by molar-refractivity contribution is 7.80. The van der Waals surface area contributed by atoms with E-state index in [0.29, 0.717) is 34.9 Å². The molecule has 4 N–H and O–H groups in total. The molecule has 0 fully saturated rings. The predicted molar refractivity (Wildman–Crippen MR) is 178 cm³/mol. The molecule has 0 aliphatic heterocycles. The molecule has 0 saturated heterocycles. The molecule has 0 atom stereocenters. The lowest BCUT2D eigenvalue weighted by atomic mass is 10.1. The van der Waals surface area contributed by atoms with E-state index in [0.717, 1.165) is 17.1 Å². The van der Waals surface area contributed by atoms with Gasteiger partial charge in [-0.2, -0.15) is 0 Å². The van der Waals surface area contributed by atoms with E-state index in [9.17, 15) is 9.59 Å². The second-order valence-corrected chi connectivity index (χ2v) is 9.89. The summed E-state index contributed by atoms with van der Waals surface area (Å²) in [6.45, 7) is 0.560. The highest BCUT2D eigenvalue weighted by Crippen LogP contribution is 2.22. The van der Waals surface area contributed by atoms with Crippen molar-refractivity contribution in [3.8, 4) is 11.5 Å². The van der Waals surface area contributed by atoms with Gasteiger partial charge in [-0.15, -0.1) is 0 Å². The zero-order valence-corrected chi connectivity index (χ0v) is 24.5. The standard InChI is InChI=1S/C35H30N4O4S/c40-33(37-27-21-19-26(20-22-27)36-25-11-3-1-4-12-25)29-15-7-9-17-31(29)38-35(44)39-34(41)30-16-8-10-18-32(30)43-24-23-42-28-13-5-2-6-14-28/h1-22,36H,23-24H2,(H,37,40)(H2,38,39,41,44). The Bertz CT molecular complexity index is 1710. The molecule has 0 aliphatic carbocycles. The summed E-state index contributed by atoms with van der Waals surface area (Å²) < 4.78 is 11.5. The minimum atomic E-state index is -0.451. The molecule has 220 valence electrons. The zero-order valence-electron chi connectivity index (χ0n) is 23.7. The summed E-state index contributed by atoms with van der Waals surface area (Å²) in [5.74, 6) is 0.353. The van der Waals surface area contributed by atoms with Crippen molar-refractivity contribution in [3.63, 3.8) is 0 Å². The summed E-state index contributed by atoms with van der Waals surface area (Å²) in [5.41, 5.74) is 3.61. The quantitative estimate of drug-likeness (QED) is 0.0932. The van der Waals surface area contributed by atoms with Crippen molar-refractivity contribution in [1.82, 2.24) is 5.32 Å². The second kappa shape index (κ2) is 15.0. The molecule has 0 saturated carbocycles. The Kier molecular flexibility index (Phi) is 10.2. The van der Waals surface area contributed by atoms with Gasteiger partial charge in [0, 0.05) is 17.1 Å². The Morgan fingerprint density at radius 1 is 0.545 bits per heavy atom. The number of ether oxygens (including phenoxy) is 2. The molecule has 0 spiro atoms. The Hall–Kier alpha value is -5.67. The third kappa shape index (κ3) is 8.43. The molecule has 5 aromatic carbocycles. The van der Waals surface area contributed by atoms with Gasteiger partial charge in [-0.1, -0.05) is 60.7 Å². The van der Waals surface area contributed by atoms with Crippen LogP contribution in [-0.2, 0) is 0 Å². The van der Waals surface area contributed by atoms with Gasteiger partial charge in [-0.05, 0) is 85.0 Å². The summed E-state index contributed by atoms with van der Waals surface area (Å²) in [6, 6.07) is 40.4. The van der Waals surface area contributed by atoms with Crippen LogP contribution in [0.3, 0.4) is 0 Å². The lowest BCUT2D eigenvalue weighted by molar-refractivity contribution is 0.0971. The first-order chi connectivity index (χ1) is 21.5. The zero-order chi connectivity index (χ0) is 30.6. The van der Waals surface area contributed by atoms with Crippen molar-refractivity contribution in [2.24, 2.45) is 0 Å². The average Bonchev–Trinajstić information content (AvgIpc) is 3.05. The molecule has 8 nitrogen and oxygen atoms in total. The van der Waals surface area contributed by atoms with E-state index in [1.807, 2.05) is 84.9 Å². The maximum atomic E-state index is 13.2. The van der Waals surface area contributed by atoms with Crippen LogP contribution in [0, 0.1) is 0 Å². The fourth-order valence-corrected chi connectivity index (χ4v) is 4.45. The summed E-state index contributed by atoms with van der Waals surface area (Å²) in [5, 5.41) is 11.9. The highest BCUT2D eigenvalue weighted by Gasteiger charge is 2.16. The van der Waals surface area contributed by atoms with Crippen LogP contribution in [0.4, 0.5) is 22.7 Å². The van der Waals surface area contributed by atoms with Crippen LogP contribution in [0.2, 0.25) is 0 Å².